The molecule has 0 saturated carbocycles. The molecule has 0 aliphatic carbocycles. The molecule has 4 rings (SSSR count). The first kappa shape index (κ1) is 18.1. The predicted octanol–water partition coefficient (Wildman–Crippen LogP) is 3.89. The number of halogens is 1. The number of likely N-dealkylation sites (tertiary alicyclic amines) is 1. The van der Waals surface area contributed by atoms with Gasteiger partial charge in [0.25, 0.3) is 5.91 Å². The summed E-state index contributed by atoms with van der Waals surface area (Å²) < 4.78 is 15.1. The number of fused-ring (bicyclic) bond motifs is 1. The van der Waals surface area contributed by atoms with Crippen LogP contribution in [0.5, 0.6) is 0 Å². The van der Waals surface area contributed by atoms with Crippen LogP contribution in [0.3, 0.4) is 0 Å². The monoisotopic (exact) mass is 387 g/mol. The molecule has 2 aromatic heterocycles. The van der Waals surface area contributed by atoms with Crippen LogP contribution in [0.1, 0.15) is 41.0 Å². The number of aryl methyl sites for hydroxylation is 1. The molecule has 27 heavy (non-hydrogen) atoms. The Kier molecular flexibility index (Phi) is 4.97. The van der Waals surface area contributed by atoms with Crippen molar-refractivity contribution in [2.75, 3.05) is 13.2 Å². The van der Waals surface area contributed by atoms with E-state index in [9.17, 15) is 14.3 Å². The van der Waals surface area contributed by atoms with Gasteiger partial charge in [0.05, 0.1) is 5.69 Å². The van der Waals surface area contributed by atoms with Crippen LogP contribution in [0.2, 0.25) is 0 Å². The first-order chi connectivity index (χ1) is 13.1. The van der Waals surface area contributed by atoms with Crippen LogP contribution in [-0.2, 0) is 0 Å². The summed E-state index contributed by atoms with van der Waals surface area (Å²) in [6, 6.07) is 6.36. The largest absolute Gasteiger partial charge is 0.396 e. The van der Waals surface area contributed by atoms with Gasteiger partial charge in [-0.1, -0.05) is 11.3 Å². The van der Waals surface area contributed by atoms with Gasteiger partial charge in [0.1, 0.15) is 10.7 Å². The van der Waals surface area contributed by atoms with Crippen LogP contribution >= 0.6 is 11.3 Å². The fourth-order valence-corrected chi connectivity index (χ4v) is 4.82. The highest BCUT2D eigenvalue weighted by molar-refractivity contribution is 7.19. The van der Waals surface area contributed by atoms with Crippen molar-refractivity contribution < 1.29 is 14.3 Å². The van der Waals surface area contributed by atoms with Crippen molar-refractivity contribution in [3.8, 4) is 11.3 Å². The van der Waals surface area contributed by atoms with Gasteiger partial charge in [0.2, 0.25) is 0 Å². The third-order valence-corrected chi connectivity index (χ3v) is 6.39. The molecule has 1 aliphatic heterocycles. The molecule has 1 fully saturated rings. The number of carbonyl (C=O) groups is 1. The van der Waals surface area contributed by atoms with E-state index in [4.69, 9.17) is 0 Å². The Morgan fingerprint density at radius 2 is 2.11 bits per heavy atom. The summed E-state index contributed by atoms with van der Waals surface area (Å²) in [5.41, 5.74) is 2.48. The predicted molar refractivity (Wildman–Crippen MR) is 104 cm³/mol. The van der Waals surface area contributed by atoms with Gasteiger partial charge in [0.15, 0.2) is 4.96 Å². The molecule has 0 spiro atoms. The van der Waals surface area contributed by atoms with Crippen LogP contribution in [0.4, 0.5) is 4.39 Å². The Morgan fingerprint density at radius 1 is 1.33 bits per heavy atom. The fraction of sp³-hybridized carbons (Fsp3) is 0.400. The summed E-state index contributed by atoms with van der Waals surface area (Å²) in [7, 11) is 0. The minimum absolute atomic E-state index is 0.0319. The van der Waals surface area contributed by atoms with E-state index < -0.39 is 0 Å². The van der Waals surface area contributed by atoms with E-state index in [0.29, 0.717) is 11.3 Å². The average molecular weight is 387 g/mol. The minimum atomic E-state index is -0.275. The number of thiazole rings is 1. The van der Waals surface area contributed by atoms with Gasteiger partial charge < -0.3 is 10.0 Å². The van der Waals surface area contributed by atoms with Crippen molar-refractivity contribution in [1.29, 1.82) is 0 Å². The van der Waals surface area contributed by atoms with E-state index >= 15 is 0 Å². The molecule has 5 nitrogen and oxygen atoms in total. The number of aromatic nitrogens is 2. The molecule has 1 aliphatic rings. The SMILES string of the molecule is Cc1c(C(=O)N2CCCCC2CCO)sc2nc(-c3ccc(F)cc3)cn12. The highest BCUT2D eigenvalue weighted by atomic mass is 32.1. The third-order valence-electron chi connectivity index (χ3n) is 5.24. The Labute approximate surface area is 161 Å². The molecular weight excluding hydrogens is 365 g/mol. The van der Waals surface area contributed by atoms with Gasteiger partial charge in [0, 0.05) is 36.6 Å². The second-order valence-electron chi connectivity index (χ2n) is 6.96. The number of hydrogen-bond donors (Lipinski definition) is 1. The number of hydrogen-bond acceptors (Lipinski definition) is 4. The van der Waals surface area contributed by atoms with Crippen molar-refractivity contribution in [3.63, 3.8) is 0 Å². The maximum absolute atomic E-state index is 13.1. The van der Waals surface area contributed by atoms with Crippen LogP contribution < -0.4 is 0 Å². The maximum Gasteiger partial charge on any atom is 0.266 e. The minimum Gasteiger partial charge on any atom is -0.396 e. The van der Waals surface area contributed by atoms with E-state index in [1.54, 1.807) is 12.1 Å². The van der Waals surface area contributed by atoms with Crippen molar-refractivity contribution in [2.45, 2.75) is 38.6 Å². The molecule has 3 aromatic rings. The molecule has 1 amide bonds. The number of nitrogens with zero attached hydrogens (tertiary/aromatic N) is 3. The topological polar surface area (TPSA) is 57.8 Å². The molecule has 1 saturated heterocycles. The van der Waals surface area contributed by atoms with Gasteiger partial charge in [-0.25, -0.2) is 9.37 Å². The van der Waals surface area contributed by atoms with E-state index in [0.717, 1.165) is 47.7 Å². The van der Waals surface area contributed by atoms with Crippen molar-refractivity contribution >= 4 is 22.2 Å². The first-order valence-corrected chi connectivity index (χ1v) is 10.1. The zero-order chi connectivity index (χ0) is 19.0. The summed E-state index contributed by atoms with van der Waals surface area (Å²) in [4.78, 5) is 21.1. The lowest BCUT2D eigenvalue weighted by molar-refractivity contribution is 0.0578. The zero-order valence-electron chi connectivity index (χ0n) is 15.2. The number of imidazole rings is 1. The van der Waals surface area contributed by atoms with Crippen molar-refractivity contribution in [3.05, 3.63) is 46.9 Å². The normalized spacial score (nSPS) is 17.6. The van der Waals surface area contributed by atoms with Crippen LogP contribution in [-0.4, -0.2) is 44.5 Å². The van der Waals surface area contributed by atoms with Gasteiger partial charge in [-0.2, -0.15) is 0 Å². The smallest absolute Gasteiger partial charge is 0.266 e. The lowest BCUT2D eigenvalue weighted by atomic mass is 9.99. The molecule has 1 aromatic carbocycles. The lowest BCUT2D eigenvalue weighted by Crippen LogP contribution is -2.44. The number of aliphatic hydroxyl groups excluding tert-OH is 1. The summed E-state index contributed by atoms with van der Waals surface area (Å²) in [5, 5.41) is 9.31. The summed E-state index contributed by atoms with van der Waals surface area (Å²) in [6.45, 7) is 2.77. The molecule has 1 atom stereocenters. The fourth-order valence-electron chi connectivity index (χ4n) is 3.76. The number of aliphatic hydroxyl groups is 1. The quantitative estimate of drug-likeness (QED) is 0.739. The number of piperidine rings is 1. The first-order valence-electron chi connectivity index (χ1n) is 9.24. The van der Waals surface area contributed by atoms with Gasteiger partial charge >= 0.3 is 0 Å². The Bertz CT molecular complexity index is 962. The van der Waals surface area contributed by atoms with E-state index in [1.807, 2.05) is 22.4 Å². The highest BCUT2D eigenvalue weighted by Crippen LogP contribution is 2.30. The highest BCUT2D eigenvalue weighted by Gasteiger charge is 2.30. The molecule has 1 unspecified atom stereocenters. The van der Waals surface area contributed by atoms with Crippen LogP contribution in [0, 0.1) is 12.7 Å². The number of rotatable bonds is 4. The third kappa shape index (κ3) is 3.37. The lowest BCUT2D eigenvalue weighted by Gasteiger charge is -2.35. The molecule has 0 bridgehead atoms. The summed E-state index contributed by atoms with van der Waals surface area (Å²) in [5.74, 6) is -0.243. The van der Waals surface area contributed by atoms with E-state index in [2.05, 4.69) is 4.98 Å². The molecule has 0 radical (unpaired) electrons. The zero-order valence-corrected chi connectivity index (χ0v) is 16.0. The summed E-state index contributed by atoms with van der Waals surface area (Å²) >= 11 is 1.39. The Morgan fingerprint density at radius 3 is 2.81 bits per heavy atom. The molecule has 142 valence electrons. The molecular formula is C20H22FN3O2S. The van der Waals surface area contributed by atoms with Gasteiger partial charge in [-0.3, -0.25) is 9.20 Å². The van der Waals surface area contributed by atoms with Crippen LogP contribution in [0.15, 0.2) is 30.5 Å². The average Bonchev–Trinajstić information content (AvgIpc) is 3.22. The van der Waals surface area contributed by atoms with Crippen LogP contribution in [0.25, 0.3) is 16.2 Å². The standard InChI is InChI=1S/C20H22FN3O2S/c1-13-18(19(26)23-10-3-2-4-16(23)9-11-25)27-20-22-17(12-24(13)20)14-5-7-15(21)8-6-14/h5-8,12,16,25H,2-4,9-11H2,1H3. The number of benzene rings is 1. The van der Waals surface area contributed by atoms with Crippen molar-refractivity contribution in [1.82, 2.24) is 14.3 Å². The van der Waals surface area contributed by atoms with E-state index in [1.165, 1.54) is 23.5 Å². The second kappa shape index (κ2) is 7.40. The second-order valence-corrected chi connectivity index (χ2v) is 7.94. The van der Waals surface area contributed by atoms with Crippen molar-refractivity contribution in [2.24, 2.45) is 0 Å². The Hall–Kier alpha value is -2.25. The molecule has 1 N–H and O–H groups in total. The Balaban J connectivity index is 1.64. The summed E-state index contributed by atoms with van der Waals surface area (Å²) in [6.07, 6.45) is 5.57. The number of amides is 1. The number of carbonyl (C=O) groups excluding carboxylic acids is 1. The van der Waals surface area contributed by atoms with Gasteiger partial charge in [-0.05, 0) is 56.9 Å². The molecule has 3 heterocycles. The maximum atomic E-state index is 13.1. The van der Waals surface area contributed by atoms with Gasteiger partial charge in [-0.15, -0.1) is 0 Å². The van der Waals surface area contributed by atoms with E-state index in [-0.39, 0.29) is 24.4 Å². The molecule has 7 heteroatoms.